The molecule has 2 aliphatic rings. The molecule has 25 heavy (non-hydrogen) atoms. The SMILES string of the molecule is CCCCCC1=Cc2ccccc2OC12C=Cc1cc(Br)ccc1O2. The quantitative estimate of drug-likeness (QED) is 0.541. The summed E-state index contributed by atoms with van der Waals surface area (Å²) in [5.74, 6) is 0.890. The lowest BCUT2D eigenvalue weighted by Gasteiger charge is -2.39. The lowest BCUT2D eigenvalue weighted by Crippen LogP contribution is -2.45. The number of para-hydroxylation sites is 1. The van der Waals surface area contributed by atoms with E-state index < -0.39 is 5.79 Å². The van der Waals surface area contributed by atoms with Crippen molar-refractivity contribution in [2.24, 2.45) is 0 Å². The zero-order chi connectivity index (χ0) is 17.3. The highest BCUT2D eigenvalue weighted by molar-refractivity contribution is 9.10. The van der Waals surface area contributed by atoms with Gasteiger partial charge in [-0.15, -0.1) is 0 Å². The van der Waals surface area contributed by atoms with E-state index in [4.69, 9.17) is 9.47 Å². The smallest absolute Gasteiger partial charge is 0.294 e. The second-order valence-electron chi connectivity index (χ2n) is 6.55. The monoisotopic (exact) mass is 396 g/mol. The fourth-order valence-corrected chi connectivity index (χ4v) is 3.77. The van der Waals surface area contributed by atoms with Crippen LogP contribution >= 0.6 is 15.9 Å². The lowest BCUT2D eigenvalue weighted by molar-refractivity contribution is -0.0439. The molecule has 128 valence electrons. The molecule has 2 aromatic carbocycles. The van der Waals surface area contributed by atoms with Gasteiger partial charge in [-0.2, -0.15) is 0 Å². The Hall–Kier alpha value is -2.00. The molecule has 3 heteroatoms. The van der Waals surface area contributed by atoms with Crippen LogP contribution in [-0.4, -0.2) is 5.79 Å². The van der Waals surface area contributed by atoms with E-state index in [2.05, 4.69) is 53.2 Å². The van der Waals surface area contributed by atoms with Crippen molar-refractivity contribution in [2.75, 3.05) is 0 Å². The average molecular weight is 397 g/mol. The molecule has 0 aromatic heterocycles. The number of hydrogen-bond donors (Lipinski definition) is 0. The Balaban J connectivity index is 1.73. The Morgan fingerprint density at radius 3 is 2.60 bits per heavy atom. The number of ether oxygens (including phenoxy) is 2. The van der Waals surface area contributed by atoms with Crippen molar-refractivity contribution >= 4 is 28.1 Å². The van der Waals surface area contributed by atoms with Gasteiger partial charge in [0.25, 0.3) is 5.79 Å². The van der Waals surface area contributed by atoms with E-state index in [1.807, 2.05) is 30.3 Å². The number of fused-ring (bicyclic) bond motifs is 2. The zero-order valence-corrected chi connectivity index (χ0v) is 15.9. The van der Waals surface area contributed by atoms with Crippen molar-refractivity contribution in [2.45, 2.75) is 38.4 Å². The molecular formula is C22H21BrO2. The van der Waals surface area contributed by atoms with Gasteiger partial charge in [-0.05, 0) is 49.3 Å². The summed E-state index contributed by atoms with van der Waals surface area (Å²) in [6, 6.07) is 14.2. The molecule has 0 saturated carbocycles. The van der Waals surface area contributed by atoms with E-state index in [-0.39, 0.29) is 0 Å². The molecule has 0 radical (unpaired) electrons. The van der Waals surface area contributed by atoms with E-state index in [1.54, 1.807) is 0 Å². The summed E-state index contributed by atoms with van der Waals surface area (Å²) >= 11 is 3.52. The topological polar surface area (TPSA) is 18.5 Å². The molecule has 2 aliphatic heterocycles. The largest absolute Gasteiger partial charge is 0.444 e. The summed E-state index contributed by atoms with van der Waals surface area (Å²) in [6.45, 7) is 2.22. The molecule has 0 saturated heterocycles. The molecule has 1 atom stereocenters. The van der Waals surface area contributed by atoms with Gasteiger partial charge in [0.2, 0.25) is 0 Å². The van der Waals surface area contributed by atoms with Gasteiger partial charge in [-0.25, -0.2) is 0 Å². The molecule has 2 aromatic rings. The third-order valence-electron chi connectivity index (χ3n) is 4.72. The van der Waals surface area contributed by atoms with Crippen LogP contribution in [0.1, 0.15) is 43.7 Å². The van der Waals surface area contributed by atoms with Crippen LogP contribution in [0.4, 0.5) is 0 Å². The maximum Gasteiger partial charge on any atom is 0.294 e. The van der Waals surface area contributed by atoms with Crippen LogP contribution in [-0.2, 0) is 0 Å². The summed E-state index contributed by atoms with van der Waals surface area (Å²) in [4.78, 5) is 0. The fraction of sp³-hybridized carbons (Fsp3) is 0.273. The van der Waals surface area contributed by atoms with Crippen LogP contribution in [0.15, 0.2) is 58.6 Å². The van der Waals surface area contributed by atoms with Crippen molar-refractivity contribution in [3.05, 3.63) is 69.7 Å². The summed E-state index contributed by atoms with van der Waals surface area (Å²) in [6.07, 6.45) is 10.9. The van der Waals surface area contributed by atoms with Crippen molar-refractivity contribution in [1.29, 1.82) is 0 Å². The Morgan fingerprint density at radius 1 is 0.960 bits per heavy atom. The molecule has 0 bridgehead atoms. The standard InChI is InChI=1S/C22H21BrO2/c1-2-3-4-8-18-14-16-7-5-6-9-20(16)24-22(18)13-12-17-15-19(23)10-11-21(17)25-22/h5-7,9-15H,2-4,8H2,1H3. The Morgan fingerprint density at radius 2 is 1.76 bits per heavy atom. The third-order valence-corrected chi connectivity index (χ3v) is 5.22. The maximum absolute atomic E-state index is 6.42. The molecule has 4 rings (SSSR count). The predicted molar refractivity (Wildman–Crippen MR) is 106 cm³/mol. The van der Waals surface area contributed by atoms with Crippen LogP contribution in [0.3, 0.4) is 0 Å². The van der Waals surface area contributed by atoms with Gasteiger partial charge in [0, 0.05) is 27.2 Å². The van der Waals surface area contributed by atoms with Gasteiger partial charge < -0.3 is 9.47 Å². The van der Waals surface area contributed by atoms with Gasteiger partial charge in [-0.3, -0.25) is 0 Å². The van der Waals surface area contributed by atoms with E-state index in [0.29, 0.717) is 0 Å². The van der Waals surface area contributed by atoms with Gasteiger partial charge in [-0.1, -0.05) is 53.9 Å². The average Bonchev–Trinajstić information content (AvgIpc) is 2.63. The minimum Gasteiger partial charge on any atom is -0.444 e. The second-order valence-corrected chi connectivity index (χ2v) is 7.47. The third kappa shape index (κ3) is 3.13. The van der Waals surface area contributed by atoms with E-state index in [1.165, 1.54) is 18.4 Å². The summed E-state index contributed by atoms with van der Waals surface area (Å²) in [5.41, 5.74) is 3.37. The first-order valence-corrected chi connectivity index (χ1v) is 9.66. The lowest BCUT2D eigenvalue weighted by atomic mass is 9.91. The van der Waals surface area contributed by atoms with Crippen LogP contribution in [0, 0.1) is 0 Å². The van der Waals surface area contributed by atoms with Crippen molar-refractivity contribution in [1.82, 2.24) is 0 Å². The van der Waals surface area contributed by atoms with Gasteiger partial charge >= 0.3 is 0 Å². The van der Waals surface area contributed by atoms with Crippen LogP contribution in [0.5, 0.6) is 11.5 Å². The van der Waals surface area contributed by atoms with E-state index in [9.17, 15) is 0 Å². The van der Waals surface area contributed by atoms with Crippen molar-refractivity contribution in [3.8, 4) is 11.5 Å². The number of unbranched alkanes of at least 4 members (excludes halogenated alkanes) is 2. The first-order chi connectivity index (χ1) is 12.2. The summed E-state index contributed by atoms with van der Waals surface area (Å²) < 4.78 is 13.9. The van der Waals surface area contributed by atoms with Crippen LogP contribution in [0.25, 0.3) is 12.2 Å². The van der Waals surface area contributed by atoms with Crippen LogP contribution in [0.2, 0.25) is 0 Å². The Labute approximate surface area is 157 Å². The van der Waals surface area contributed by atoms with Crippen molar-refractivity contribution in [3.63, 3.8) is 0 Å². The highest BCUT2D eigenvalue weighted by Crippen LogP contribution is 2.43. The molecule has 0 amide bonds. The second kappa shape index (κ2) is 6.72. The molecule has 0 N–H and O–H groups in total. The summed E-state index contributed by atoms with van der Waals surface area (Å²) in [7, 11) is 0. The first-order valence-electron chi connectivity index (χ1n) is 8.87. The van der Waals surface area contributed by atoms with E-state index >= 15 is 0 Å². The molecule has 2 nitrogen and oxygen atoms in total. The molecule has 0 fully saturated rings. The maximum atomic E-state index is 6.42. The van der Waals surface area contributed by atoms with Crippen LogP contribution < -0.4 is 9.47 Å². The number of hydrogen-bond acceptors (Lipinski definition) is 2. The number of rotatable bonds is 4. The normalized spacial score (nSPS) is 20.3. The summed E-state index contributed by atoms with van der Waals surface area (Å²) in [5, 5.41) is 0. The molecular weight excluding hydrogens is 376 g/mol. The predicted octanol–water partition coefficient (Wildman–Crippen LogP) is 6.61. The van der Waals surface area contributed by atoms with Gasteiger partial charge in [0.15, 0.2) is 0 Å². The minimum absolute atomic E-state index is 0.830. The molecule has 0 aliphatic carbocycles. The Bertz CT molecular complexity index is 853. The van der Waals surface area contributed by atoms with Crippen molar-refractivity contribution < 1.29 is 9.47 Å². The number of halogens is 1. The highest BCUT2D eigenvalue weighted by Gasteiger charge is 2.41. The molecule has 1 spiro atoms. The first kappa shape index (κ1) is 16.5. The molecule has 2 heterocycles. The Kier molecular flexibility index (Phi) is 4.43. The highest BCUT2D eigenvalue weighted by atomic mass is 79.9. The zero-order valence-electron chi connectivity index (χ0n) is 14.3. The minimum atomic E-state index is -0.830. The fourth-order valence-electron chi connectivity index (χ4n) is 3.39. The van der Waals surface area contributed by atoms with Gasteiger partial charge in [0.05, 0.1) is 0 Å². The molecule has 1 unspecified atom stereocenters. The van der Waals surface area contributed by atoms with Gasteiger partial charge in [0.1, 0.15) is 11.5 Å². The number of benzene rings is 2. The van der Waals surface area contributed by atoms with E-state index in [0.717, 1.165) is 39.9 Å².